The van der Waals surface area contributed by atoms with Crippen LogP contribution in [-0.4, -0.2) is 32.9 Å². The zero-order chi connectivity index (χ0) is 16.1. The second kappa shape index (κ2) is 6.92. The van der Waals surface area contributed by atoms with E-state index >= 15 is 0 Å². The molecule has 0 saturated heterocycles. The van der Waals surface area contributed by atoms with E-state index in [-0.39, 0.29) is 11.0 Å². The maximum absolute atomic E-state index is 11.5. The van der Waals surface area contributed by atoms with E-state index in [0.717, 1.165) is 6.26 Å². The number of hydrogen-bond donors (Lipinski definition) is 1. The molecule has 0 aliphatic rings. The van der Waals surface area contributed by atoms with Gasteiger partial charge < -0.3 is 4.74 Å². The first kappa shape index (κ1) is 17.5. The molecule has 0 aromatic heterocycles. The molecule has 21 heavy (non-hydrogen) atoms. The number of nitrogens with one attached hydrogen (secondary N) is 1. The molecule has 0 saturated carbocycles. The van der Waals surface area contributed by atoms with Gasteiger partial charge in [0, 0.05) is 12.7 Å². The maximum Gasteiger partial charge on any atom is 0.175 e. The molecular weight excluding hydrogens is 288 g/mol. The molecule has 0 amide bonds. The van der Waals surface area contributed by atoms with Crippen LogP contribution in [0.4, 0.5) is 0 Å². The van der Waals surface area contributed by atoms with Gasteiger partial charge in [-0.25, -0.2) is 8.42 Å². The van der Waals surface area contributed by atoms with E-state index in [2.05, 4.69) is 11.4 Å². The van der Waals surface area contributed by atoms with Gasteiger partial charge >= 0.3 is 0 Å². The molecule has 5 nitrogen and oxygen atoms in total. The first-order chi connectivity index (χ1) is 9.70. The number of ether oxygens (including phenoxy) is 1. The molecule has 0 fully saturated rings. The van der Waals surface area contributed by atoms with Crippen molar-refractivity contribution in [2.24, 2.45) is 0 Å². The first-order valence-electron chi connectivity index (χ1n) is 6.83. The first-order valence-corrected chi connectivity index (χ1v) is 8.72. The Kier molecular flexibility index (Phi) is 5.76. The predicted octanol–water partition coefficient (Wildman–Crippen LogP) is 2.14. The Labute approximate surface area is 126 Å². The largest absolute Gasteiger partial charge is 0.491 e. The van der Waals surface area contributed by atoms with Crippen molar-refractivity contribution in [2.45, 2.75) is 43.7 Å². The molecule has 0 heterocycles. The summed E-state index contributed by atoms with van der Waals surface area (Å²) in [6.07, 6.45) is 1.44. The molecule has 0 aliphatic carbocycles. The highest BCUT2D eigenvalue weighted by molar-refractivity contribution is 7.90. The highest BCUT2D eigenvalue weighted by Crippen LogP contribution is 2.21. The van der Waals surface area contributed by atoms with Crippen LogP contribution in [0.2, 0.25) is 0 Å². The summed E-state index contributed by atoms with van der Waals surface area (Å²) in [5.74, 6) is 0.488. The lowest BCUT2D eigenvalue weighted by atomic mass is 9.96. The quantitative estimate of drug-likeness (QED) is 0.834. The van der Waals surface area contributed by atoms with E-state index in [0.29, 0.717) is 18.7 Å². The van der Waals surface area contributed by atoms with Gasteiger partial charge in [0.1, 0.15) is 11.3 Å². The monoisotopic (exact) mass is 310 g/mol. The Hall–Kier alpha value is -1.58. The standard InChI is InChI=1S/C15H22N2O3S/c1-5-17-15(3,11-16)10-12(2)20-13-7-6-8-14(9-13)21(4,18)19/h6-9,12,17H,5,10H2,1-4H3. The van der Waals surface area contributed by atoms with E-state index in [9.17, 15) is 13.7 Å². The van der Waals surface area contributed by atoms with E-state index in [1.807, 2.05) is 20.8 Å². The van der Waals surface area contributed by atoms with E-state index in [4.69, 9.17) is 4.74 Å². The normalized spacial score (nSPS) is 15.8. The van der Waals surface area contributed by atoms with Crippen LogP contribution in [0.3, 0.4) is 0 Å². The second-order valence-electron chi connectivity index (χ2n) is 5.35. The van der Waals surface area contributed by atoms with Crippen LogP contribution >= 0.6 is 0 Å². The summed E-state index contributed by atoms with van der Waals surface area (Å²) in [5.41, 5.74) is -0.664. The second-order valence-corrected chi connectivity index (χ2v) is 7.37. The fraction of sp³-hybridized carbons (Fsp3) is 0.533. The van der Waals surface area contributed by atoms with Crippen molar-refractivity contribution < 1.29 is 13.2 Å². The minimum absolute atomic E-state index is 0.219. The summed E-state index contributed by atoms with van der Waals surface area (Å²) in [6.45, 7) is 6.32. The van der Waals surface area contributed by atoms with Gasteiger partial charge in [-0.05, 0) is 38.6 Å². The lowest BCUT2D eigenvalue weighted by Crippen LogP contribution is -2.44. The molecule has 0 spiro atoms. The number of rotatable bonds is 7. The van der Waals surface area contributed by atoms with Crippen LogP contribution < -0.4 is 10.1 Å². The summed E-state index contributed by atoms with van der Waals surface area (Å²) in [4.78, 5) is 0.224. The molecule has 6 heteroatoms. The van der Waals surface area contributed by atoms with Crippen molar-refractivity contribution in [3.05, 3.63) is 24.3 Å². The van der Waals surface area contributed by atoms with Crippen molar-refractivity contribution in [3.63, 3.8) is 0 Å². The molecule has 1 aromatic carbocycles. The average molecular weight is 310 g/mol. The van der Waals surface area contributed by atoms with Crippen LogP contribution in [0.5, 0.6) is 5.75 Å². The molecular formula is C15H22N2O3S. The fourth-order valence-electron chi connectivity index (χ4n) is 2.17. The Balaban J connectivity index is 2.80. The smallest absolute Gasteiger partial charge is 0.175 e. The number of sulfone groups is 1. The molecule has 2 atom stereocenters. The molecule has 116 valence electrons. The number of hydrogen-bond acceptors (Lipinski definition) is 5. The Morgan fingerprint density at radius 3 is 2.67 bits per heavy atom. The van der Waals surface area contributed by atoms with Crippen LogP contribution in [0.1, 0.15) is 27.2 Å². The molecule has 1 aromatic rings. The number of benzene rings is 1. The third kappa shape index (κ3) is 5.37. The summed E-state index contributed by atoms with van der Waals surface area (Å²) >= 11 is 0. The molecule has 0 bridgehead atoms. The van der Waals surface area contributed by atoms with E-state index in [1.165, 1.54) is 12.1 Å². The molecule has 0 radical (unpaired) electrons. The lowest BCUT2D eigenvalue weighted by molar-refractivity contribution is 0.180. The van der Waals surface area contributed by atoms with Crippen LogP contribution in [0.15, 0.2) is 29.2 Å². The van der Waals surface area contributed by atoms with Crippen LogP contribution in [0, 0.1) is 11.3 Å². The van der Waals surface area contributed by atoms with Gasteiger partial charge in [-0.3, -0.25) is 5.32 Å². The zero-order valence-electron chi connectivity index (χ0n) is 12.9. The van der Waals surface area contributed by atoms with Gasteiger partial charge in [0.2, 0.25) is 0 Å². The SMILES string of the molecule is CCNC(C)(C#N)CC(C)Oc1cccc(S(C)(=O)=O)c1. The molecule has 2 unspecified atom stereocenters. The van der Waals surface area contributed by atoms with Crippen LogP contribution in [0.25, 0.3) is 0 Å². The highest BCUT2D eigenvalue weighted by atomic mass is 32.2. The summed E-state index contributed by atoms with van der Waals surface area (Å²) in [7, 11) is -3.25. The fourth-order valence-corrected chi connectivity index (χ4v) is 2.83. The minimum Gasteiger partial charge on any atom is -0.491 e. The predicted molar refractivity (Wildman–Crippen MR) is 82.0 cm³/mol. The Morgan fingerprint density at radius 2 is 2.14 bits per heavy atom. The summed E-state index contributed by atoms with van der Waals surface area (Å²) in [5, 5.41) is 12.4. The minimum atomic E-state index is -3.25. The van der Waals surface area contributed by atoms with Gasteiger partial charge in [-0.15, -0.1) is 0 Å². The van der Waals surface area contributed by atoms with Gasteiger partial charge in [0.15, 0.2) is 9.84 Å². The third-order valence-corrected chi connectivity index (χ3v) is 4.19. The Bertz CT molecular complexity index is 622. The van der Waals surface area contributed by atoms with Crippen LogP contribution in [-0.2, 0) is 9.84 Å². The summed E-state index contributed by atoms with van der Waals surface area (Å²) < 4.78 is 28.8. The van der Waals surface area contributed by atoms with Crippen molar-refractivity contribution in [1.82, 2.24) is 5.32 Å². The zero-order valence-corrected chi connectivity index (χ0v) is 13.7. The highest BCUT2D eigenvalue weighted by Gasteiger charge is 2.26. The van der Waals surface area contributed by atoms with Gasteiger partial charge in [-0.1, -0.05) is 13.0 Å². The van der Waals surface area contributed by atoms with Crippen molar-refractivity contribution in [1.29, 1.82) is 5.26 Å². The van der Waals surface area contributed by atoms with Crippen molar-refractivity contribution >= 4 is 9.84 Å². The van der Waals surface area contributed by atoms with E-state index in [1.54, 1.807) is 12.1 Å². The molecule has 1 rings (SSSR count). The van der Waals surface area contributed by atoms with Gasteiger partial charge in [0.25, 0.3) is 0 Å². The molecule has 1 N–H and O–H groups in total. The Morgan fingerprint density at radius 1 is 1.48 bits per heavy atom. The van der Waals surface area contributed by atoms with Crippen molar-refractivity contribution in [2.75, 3.05) is 12.8 Å². The number of nitriles is 1. The third-order valence-electron chi connectivity index (χ3n) is 3.08. The van der Waals surface area contributed by atoms with E-state index < -0.39 is 15.4 Å². The lowest BCUT2D eigenvalue weighted by Gasteiger charge is -2.26. The maximum atomic E-state index is 11.5. The van der Waals surface area contributed by atoms with Gasteiger partial charge in [0.05, 0.1) is 17.1 Å². The average Bonchev–Trinajstić information content (AvgIpc) is 2.38. The number of nitrogens with zero attached hydrogens (tertiary/aromatic N) is 1. The van der Waals surface area contributed by atoms with Crippen molar-refractivity contribution in [3.8, 4) is 11.8 Å². The topological polar surface area (TPSA) is 79.2 Å². The van der Waals surface area contributed by atoms with Gasteiger partial charge in [-0.2, -0.15) is 5.26 Å². The molecule has 0 aliphatic heterocycles. The summed E-state index contributed by atoms with van der Waals surface area (Å²) in [6, 6.07) is 8.64.